The number of nitrogens with one attached hydrogen (secondary N) is 1. The molecule has 0 aliphatic carbocycles. The summed E-state index contributed by atoms with van der Waals surface area (Å²) in [5.41, 5.74) is -0.176. The highest BCUT2D eigenvalue weighted by molar-refractivity contribution is 6.53. The Bertz CT molecular complexity index is 681. The summed E-state index contributed by atoms with van der Waals surface area (Å²) >= 11 is 10.8. The number of alkyl halides is 2. The molecule has 1 rings (SSSR count). The molecule has 13 heteroatoms. The van der Waals surface area contributed by atoms with Gasteiger partial charge in [-0.2, -0.15) is 0 Å². The number of carbonyl (C=O) groups excluding carboxylic acids is 1. The fourth-order valence-corrected chi connectivity index (χ4v) is 2.01. The number of rotatable bonds is 8. The third-order valence-electron chi connectivity index (χ3n) is 2.94. The van der Waals surface area contributed by atoms with Crippen molar-refractivity contribution in [2.24, 2.45) is 0 Å². The first-order valence-corrected chi connectivity index (χ1v) is 7.57. The Morgan fingerprint density at radius 3 is 2.15 bits per heavy atom. The van der Waals surface area contributed by atoms with Gasteiger partial charge in [0, 0.05) is 12.1 Å². The Morgan fingerprint density at radius 1 is 1.15 bits per heavy atom. The number of hydrogen-bond acceptors (Lipinski definition) is 7. The van der Waals surface area contributed by atoms with Gasteiger partial charge in [-0.3, -0.25) is 14.9 Å². The number of nitro benzene ring substituents is 1. The maximum absolute atomic E-state index is 11.7. The number of amides is 1. The van der Waals surface area contributed by atoms with Gasteiger partial charge < -0.3 is 25.0 Å². The lowest BCUT2D eigenvalue weighted by atomic mass is 10.0. The van der Waals surface area contributed by atoms with Crippen LogP contribution in [0.4, 0.5) is 15.3 Å². The molecule has 0 aliphatic heterocycles. The predicted octanol–water partition coefficient (Wildman–Crippen LogP) is 2.31. The van der Waals surface area contributed by atoms with E-state index in [1.165, 1.54) is 12.1 Å². The van der Waals surface area contributed by atoms with Gasteiger partial charge in [0.25, 0.3) is 11.6 Å². The first-order valence-electron chi connectivity index (χ1n) is 6.70. The summed E-state index contributed by atoms with van der Waals surface area (Å²) in [4.78, 5) is 41.8. The molecule has 0 fully saturated rings. The first-order chi connectivity index (χ1) is 12.1. The zero-order chi connectivity index (χ0) is 19.9. The highest BCUT2D eigenvalue weighted by Gasteiger charge is 2.31. The lowest BCUT2D eigenvalue weighted by Gasteiger charge is -2.26. The van der Waals surface area contributed by atoms with Gasteiger partial charge >= 0.3 is 12.3 Å². The summed E-state index contributed by atoms with van der Waals surface area (Å²) in [7, 11) is 0. The molecule has 0 bridgehead atoms. The van der Waals surface area contributed by atoms with E-state index in [4.69, 9.17) is 33.4 Å². The van der Waals surface area contributed by atoms with Crippen molar-refractivity contribution in [1.29, 1.82) is 0 Å². The van der Waals surface area contributed by atoms with Crippen LogP contribution in [0.5, 0.6) is 0 Å². The average Bonchev–Trinajstić information content (AvgIpc) is 2.56. The molecule has 0 spiro atoms. The Kier molecular flexibility index (Phi) is 7.87. The zero-order valence-electron chi connectivity index (χ0n) is 12.7. The Balaban J connectivity index is 3.18. The highest BCUT2D eigenvalue weighted by atomic mass is 35.5. The monoisotopic (exact) mass is 410 g/mol. The van der Waals surface area contributed by atoms with Crippen molar-refractivity contribution in [1.82, 2.24) is 5.32 Å². The van der Waals surface area contributed by atoms with Crippen LogP contribution in [0.1, 0.15) is 11.7 Å². The van der Waals surface area contributed by atoms with Crippen molar-refractivity contribution >= 4 is 47.1 Å². The molecule has 142 valence electrons. The number of nitro groups is 1. The molecule has 0 aliphatic rings. The summed E-state index contributed by atoms with van der Waals surface area (Å²) in [5.74, 6) is -0.951. The fraction of sp³-hybridized carbons (Fsp3) is 0.308. The van der Waals surface area contributed by atoms with E-state index in [0.717, 1.165) is 12.1 Å². The second-order valence-electron chi connectivity index (χ2n) is 4.65. The van der Waals surface area contributed by atoms with E-state index in [1.807, 2.05) is 0 Å². The molecular weight excluding hydrogens is 399 g/mol. The van der Waals surface area contributed by atoms with E-state index in [-0.39, 0.29) is 11.3 Å². The molecule has 11 nitrogen and oxygen atoms in total. The van der Waals surface area contributed by atoms with Gasteiger partial charge in [0.05, 0.1) is 4.92 Å². The number of carboxylic acid groups (broad SMARTS) is 2. The lowest BCUT2D eigenvalue weighted by Crippen LogP contribution is -2.46. The largest absolute Gasteiger partial charge is 0.506 e. The zero-order valence-corrected chi connectivity index (χ0v) is 14.2. The smallest absolute Gasteiger partial charge is 0.450 e. The van der Waals surface area contributed by atoms with Crippen LogP contribution in [-0.2, 0) is 14.3 Å². The summed E-state index contributed by atoms with van der Waals surface area (Å²) < 4.78 is 9.05. The minimum atomic E-state index is -1.74. The molecule has 0 heterocycles. The second kappa shape index (κ2) is 9.63. The predicted molar refractivity (Wildman–Crippen MR) is 86.3 cm³/mol. The minimum absolute atomic E-state index is 0.0954. The normalized spacial score (nSPS) is 12.7. The summed E-state index contributed by atoms with van der Waals surface area (Å²) in [5, 5.41) is 30.4. The third-order valence-corrected chi connectivity index (χ3v) is 3.33. The van der Waals surface area contributed by atoms with Gasteiger partial charge in [0.1, 0.15) is 12.6 Å². The first kappa shape index (κ1) is 21.3. The van der Waals surface area contributed by atoms with E-state index >= 15 is 0 Å². The number of ether oxygens (including phenoxy) is 2. The summed E-state index contributed by atoms with van der Waals surface area (Å²) in [6.45, 7) is -0.698. The maximum atomic E-state index is 11.7. The van der Waals surface area contributed by atoms with Crippen LogP contribution in [0, 0.1) is 10.1 Å². The summed E-state index contributed by atoms with van der Waals surface area (Å²) in [6.07, 6.45) is -4.88. The van der Waals surface area contributed by atoms with Crippen molar-refractivity contribution in [3.63, 3.8) is 0 Å². The number of hydrogen-bond donors (Lipinski definition) is 3. The van der Waals surface area contributed by atoms with Crippen molar-refractivity contribution < 1.29 is 39.0 Å². The van der Waals surface area contributed by atoms with Crippen LogP contribution in [0.2, 0.25) is 0 Å². The Hall–Kier alpha value is -2.79. The molecule has 0 saturated carbocycles. The van der Waals surface area contributed by atoms with E-state index in [2.05, 4.69) is 14.8 Å². The molecule has 2 atom stereocenters. The van der Waals surface area contributed by atoms with Crippen LogP contribution >= 0.6 is 23.2 Å². The molecule has 0 unspecified atom stereocenters. The summed E-state index contributed by atoms with van der Waals surface area (Å²) in [6, 6.07) is 3.19. The van der Waals surface area contributed by atoms with E-state index in [1.54, 1.807) is 0 Å². The average molecular weight is 411 g/mol. The standard InChI is InChI=1S/C13H12Cl2N2O9/c14-10(15)11(18)16-8(5-25-12(19)20)9(26-13(21)22)6-1-3-7(4-2-6)17(23)24/h1-4,8-10H,5H2,(H,16,18)(H,19,20)(H,21,22)/t8-,9+/m0/s1. The van der Waals surface area contributed by atoms with Gasteiger partial charge in [-0.05, 0) is 17.7 Å². The molecule has 0 radical (unpaired) electrons. The third kappa shape index (κ3) is 6.61. The van der Waals surface area contributed by atoms with Gasteiger partial charge in [0.15, 0.2) is 10.9 Å². The van der Waals surface area contributed by atoms with Crippen LogP contribution in [0.3, 0.4) is 0 Å². The molecule has 1 aromatic carbocycles. The molecular formula is C13H12Cl2N2O9. The molecule has 0 aromatic heterocycles. The van der Waals surface area contributed by atoms with Gasteiger partial charge in [0.2, 0.25) is 0 Å². The SMILES string of the molecule is O=C(O)OC[C@H](NC(=O)C(Cl)Cl)[C@H](OC(=O)O)c1ccc([N+](=O)[O-])cc1. The lowest BCUT2D eigenvalue weighted by molar-refractivity contribution is -0.384. The van der Waals surface area contributed by atoms with Crippen molar-refractivity contribution in [2.75, 3.05) is 6.61 Å². The topological polar surface area (TPSA) is 165 Å². The highest BCUT2D eigenvalue weighted by Crippen LogP contribution is 2.25. The number of nitrogens with zero attached hydrogens (tertiary/aromatic N) is 1. The van der Waals surface area contributed by atoms with E-state index in [0.29, 0.717) is 0 Å². The number of non-ortho nitro benzene ring substituents is 1. The van der Waals surface area contributed by atoms with Gasteiger partial charge in [-0.15, -0.1) is 0 Å². The molecule has 1 aromatic rings. The Labute approximate surface area is 155 Å². The molecule has 0 saturated heterocycles. The molecule has 26 heavy (non-hydrogen) atoms. The fourth-order valence-electron chi connectivity index (χ4n) is 1.89. The molecule has 1 amide bonds. The molecule has 3 N–H and O–H groups in total. The maximum Gasteiger partial charge on any atom is 0.506 e. The van der Waals surface area contributed by atoms with Crippen molar-refractivity contribution in [3.8, 4) is 0 Å². The number of halogens is 2. The van der Waals surface area contributed by atoms with Crippen molar-refractivity contribution in [2.45, 2.75) is 17.0 Å². The quantitative estimate of drug-likeness (QED) is 0.252. The van der Waals surface area contributed by atoms with Crippen LogP contribution in [0.15, 0.2) is 24.3 Å². The Morgan fingerprint density at radius 2 is 1.73 bits per heavy atom. The number of carbonyl (C=O) groups is 3. The van der Waals surface area contributed by atoms with Gasteiger partial charge in [-0.25, -0.2) is 9.59 Å². The van der Waals surface area contributed by atoms with E-state index in [9.17, 15) is 24.5 Å². The minimum Gasteiger partial charge on any atom is -0.450 e. The van der Waals surface area contributed by atoms with Gasteiger partial charge in [-0.1, -0.05) is 23.2 Å². The van der Waals surface area contributed by atoms with Crippen LogP contribution in [-0.4, -0.2) is 50.8 Å². The van der Waals surface area contributed by atoms with E-state index < -0.39 is 46.7 Å². The van der Waals surface area contributed by atoms with Crippen molar-refractivity contribution in [3.05, 3.63) is 39.9 Å². The number of benzene rings is 1. The van der Waals surface area contributed by atoms with Crippen LogP contribution < -0.4 is 5.32 Å². The second-order valence-corrected chi connectivity index (χ2v) is 5.74. The van der Waals surface area contributed by atoms with Crippen LogP contribution in [0.25, 0.3) is 0 Å².